The first kappa shape index (κ1) is 16.8. The fraction of sp³-hybridized carbons (Fsp3) is 0.118. The van der Waals surface area contributed by atoms with E-state index < -0.39 is 5.95 Å². The molecule has 0 fully saturated rings. The highest BCUT2D eigenvalue weighted by molar-refractivity contribution is 6.30. The van der Waals surface area contributed by atoms with Crippen LogP contribution in [0.15, 0.2) is 54.2 Å². The molecule has 1 aromatic carbocycles. The van der Waals surface area contributed by atoms with E-state index in [-0.39, 0.29) is 11.6 Å². The number of hydrogen-bond donors (Lipinski definition) is 2. The van der Waals surface area contributed by atoms with E-state index in [1.807, 2.05) is 12.1 Å². The van der Waals surface area contributed by atoms with Crippen molar-refractivity contribution in [3.63, 3.8) is 0 Å². The number of halogens is 2. The maximum Gasteiger partial charge on any atom is 0.247 e. The van der Waals surface area contributed by atoms with Crippen molar-refractivity contribution in [1.82, 2.24) is 10.3 Å². The Kier molecular flexibility index (Phi) is 5.60. The summed E-state index contributed by atoms with van der Waals surface area (Å²) in [4.78, 5) is 15.5. The lowest BCUT2D eigenvalue weighted by Crippen LogP contribution is -2.24. The van der Waals surface area contributed by atoms with Gasteiger partial charge >= 0.3 is 0 Å². The van der Waals surface area contributed by atoms with E-state index >= 15 is 0 Å². The zero-order chi connectivity index (χ0) is 16.8. The van der Waals surface area contributed by atoms with Crippen molar-refractivity contribution < 1.29 is 9.18 Å². The van der Waals surface area contributed by atoms with Crippen LogP contribution in [0.4, 0.5) is 4.39 Å². The van der Waals surface area contributed by atoms with E-state index in [0.29, 0.717) is 22.7 Å². The number of aromatic nitrogens is 1. The fourth-order valence-corrected chi connectivity index (χ4v) is 1.95. The summed E-state index contributed by atoms with van der Waals surface area (Å²) < 4.78 is 12.8. The molecule has 0 radical (unpaired) electrons. The average Bonchev–Trinajstić information content (AvgIpc) is 2.54. The third kappa shape index (κ3) is 5.00. The van der Waals surface area contributed by atoms with Crippen molar-refractivity contribution in [2.24, 2.45) is 0 Å². The van der Waals surface area contributed by atoms with Crippen molar-refractivity contribution in [2.45, 2.75) is 13.5 Å². The third-order valence-corrected chi connectivity index (χ3v) is 3.38. The van der Waals surface area contributed by atoms with Crippen LogP contribution in [0.25, 0.3) is 0 Å². The van der Waals surface area contributed by atoms with E-state index in [9.17, 15) is 9.18 Å². The summed E-state index contributed by atoms with van der Waals surface area (Å²) in [6.45, 7) is 1.98. The first-order valence-corrected chi connectivity index (χ1v) is 7.25. The number of rotatable bonds is 5. The molecule has 0 aliphatic heterocycles. The van der Waals surface area contributed by atoms with Crippen molar-refractivity contribution in [3.05, 3.63) is 76.3 Å². The number of allylic oxidation sites excluding steroid dienone is 1. The second kappa shape index (κ2) is 7.65. The van der Waals surface area contributed by atoms with Gasteiger partial charge < -0.3 is 10.7 Å². The van der Waals surface area contributed by atoms with Gasteiger partial charge in [-0.15, -0.1) is 0 Å². The van der Waals surface area contributed by atoms with Gasteiger partial charge in [-0.1, -0.05) is 23.7 Å². The highest BCUT2D eigenvalue weighted by Gasteiger charge is 2.07. The molecule has 6 heteroatoms. The summed E-state index contributed by atoms with van der Waals surface area (Å²) in [6.07, 6.45) is 2.68. The summed E-state index contributed by atoms with van der Waals surface area (Å²) in [5, 5.41) is 11.3. The van der Waals surface area contributed by atoms with Crippen LogP contribution in [0, 0.1) is 11.4 Å². The Labute approximate surface area is 138 Å². The largest absolute Gasteiger partial charge is 0.348 e. The molecule has 23 heavy (non-hydrogen) atoms. The average molecular weight is 332 g/mol. The molecule has 0 spiro atoms. The van der Waals surface area contributed by atoms with Crippen LogP contribution in [-0.4, -0.2) is 16.6 Å². The zero-order valence-electron chi connectivity index (χ0n) is 12.4. The molecule has 1 aromatic heterocycles. The second-order valence-electron chi connectivity index (χ2n) is 4.92. The van der Waals surface area contributed by atoms with Gasteiger partial charge in [0.05, 0.1) is 5.71 Å². The molecule has 2 N–H and O–H groups in total. The Hall–Kier alpha value is -2.53. The van der Waals surface area contributed by atoms with Gasteiger partial charge in [0.2, 0.25) is 11.9 Å². The molecule has 0 unspecified atom stereocenters. The lowest BCUT2D eigenvalue weighted by atomic mass is 10.1. The Morgan fingerprint density at radius 1 is 1.30 bits per heavy atom. The van der Waals surface area contributed by atoms with E-state index in [0.717, 1.165) is 5.56 Å². The molecule has 0 saturated heterocycles. The summed E-state index contributed by atoms with van der Waals surface area (Å²) >= 11 is 5.80. The summed E-state index contributed by atoms with van der Waals surface area (Å²) in [7, 11) is 0. The zero-order valence-corrected chi connectivity index (χ0v) is 13.2. The molecule has 0 aliphatic rings. The van der Waals surface area contributed by atoms with Crippen molar-refractivity contribution in [2.75, 3.05) is 0 Å². The summed E-state index contributed by atoms with van der Waals surface area (Å²) in [6, 6.07) is 9.78. The van der Waals surface area contributed by atoms with Crippen LogP contribution < -0.4 is 5.32 Å². The van der Waals surface area contributed by atoms with Crippen molar-refractivity contribution in [1.29, 1.82) is 5.41 Å². The van der Waals surface area contributed by atoms with Crippen LogP contribution in [0.1, 0.15) is 18.1 Å². The molecule has 0 saturated carbocycles. The molecule has 2 aromatic rings. The third-order valence-electron chi connectivity index (χ3n) is 3.12. The number of amides is 1. The van der Waals surface area contributed by atoms with Gasteiger partial charge in [0.1, 0.15) is 0 Å². The predicted octanol–water partition coefficient (Wildman–Crippen LogP) is 3.50. The standard InChI is InChI=1S/C17H15ClFN3O/c1-11(8-15(20)13-4-7-16(19)21-10-13)17(23)22-9-12-2-5-14(18)6-3-12/h2-8,10,20H,9H2,1H3,(H,22,23)/b11-8-,20-15?. The van der Waals surface area contributed by atoms with Crippen molar-refractivity contribution in [3.8, 4) is 0 Å². The van der Waals surface area contributed by atoms with Gasteiger partial charge in [0.25, 0.3) is 0 Å². The van der Waals surface area contributed by atoms with Crippen LogP contribution in [-0.2, 0) is 11.3 Å². The molecular weight excluding hydrogens is 317 g/mol. The second-order valence-corrected chi connectivity index (χ2v) is 5.36. The highest BCUT2D eigenvalue weighted by atomic mass is 35.5. The van der Waals surface area contributed by atoms with Crippen LogP contribution in [0.2, 0.25) is 5.02 Å². The predicted molar refractivity (Wildman–Crippen MR) is 88.1 cm³/mol. The highest BCUT2D eigenvalue weighted by Crippen LogP contribution is 2.09. The van der Waals surface area contributed by atoms with E-state index in [1.165, 1.54) is 24.4 Å². The van der Waals surface area contributed by atoms with Crippen LogP contribution in [0.5, 0.6) is 0 Å². The molecule has 1 heterocycles. The molecule has 0 atom stereocenters. The van der Waals surface area contributed by atoms with E-state index in [2.05, 4.69) is 10.3 Å². The van der Waals surface area contributed by atoms with Gasteiger partial charge in [-0.25, -0.2) is 4.98 Å². The number of benzene rings is 1. The minimum atomic E-state index is -0.608. The number of nitrogens with one attached hydrogen (secondary N) is 2. The van der Waals surface area contributed by atoms with Gasteiger partial charge in [0.15, 0.2) is 0 Å². The lowest BCUT2D eigenvalue weighted by Gasteiger charge is -2.06. The quantitative estimate of drug-likeness (QED) is 0.500. The first-order chi connectivity index (χ1) is 11.0. The molecule has 2 rings (SSSR count). The number of nitrogens with zero attached hydrogens (tertiary/aromatic N) is 1. The van der Waals surface area contributed by atoms with Crippen LogP contribution >= 0.6 is 11.6 Å². The maximum absolute atomic E-state index is 12.8. The number of pyridine rings is 1. The molecule has 0 aliphatic carbocycles. The summed E-state index contributed by atoms with van der Waals surface area (Å²) in [5.74, 6) is -0.886. The smallest absolute Gasteiger partial charge is 0.247 e. The SMILES string of the molecule is C/C(=C/C(=N)c1ccc(F)nc1)C(=O)NCc1ccc(Cl)cc1. The lowest BCUT2D eigenvalue weighted by molar-refractivity contribution is -0.117. The Morgan fingerprint density at radius 3 is 2.61 bits per heavy atom. The molecule has 1 amide bonds. The normalized spacial score (nSPS) is 11.2. The maximum atomic E-state index is 12.8. The molecular formula is C17H15ClFN3O. The van der Waals surface area contributed by atoms with E-state index in [4.69, 9.17) is 17.0 Å². The molecule has 118 valence electrons. The molecule has 4 nitrogen and oxygen atoms in total. The minimum absolute atomic E-state index is 0.0941. The summed E-state index contributed by atoms with van der Waals surface area (Å²) in [5.41, 5.74) is 1.84. The van der Waals surface area contributed by atoms with Gasteiger partial charge in [-0.3, -0.25) is 4.79 Å². The van der Waals surface area contributed by atoms with Crippen LogP contribution in [0.3, 0.4) is 0 Å². The monoisotopic (exact) mass is 331 g/mol. The minimum Gasteiger partial charge on any atom is -0.348 e. The Balaban J connectivity index is 1.96. The van der Waals surface area contributed by atoms with E-state index in [1.54, 1.807) is 19.1 Å². The van der Waals surface area contributed by atoms with Gasteiger partial charge in [-0.05, 0) is 42.8 Å². The Morgan fingerprint density at radius 2 is 2.00 bits per heavy atom. The van der Waals surface area contributed by atoms with Gasteiger partial charge in [0, 0.05) is 28.9 Å². The Bertz CT molecular complexity index is 739. The number of hydrogen-bond acceptors (Lipinski definition) is 3. The molecule has 0 bridgehead atoms. The fourth-order valence-electron chi connectivity index (χ4n) is 1.82. The van der Waals surface area contributed by atoms with Gasteiger partial charge in [-0.2, -0.15) is 4.39 Å². The van der Waals surface area contributed by atoms with Crippen molar-refractivity contribution >= 4 is 23.2 Å². The number of carbonyl (C=O) groups is 1. The first-order valence-electron chi connectivity index (χ1n) is 6.87. The number of carbonyl (C=O) groups excluding carboxylic acids is 1. The topological polar surface area (TPSA) is 65.8 Å².